The number of para-hydroxylation sites is 2. The third-order valence-electron chi connectivity index (χ3n) is 2.19. The quantitative estimate of drug-likeness (QED) is 0.691. The van der Waals surface area contributed by atoms with Crippen LogP contribution in [0.3, 0.4) is 0 Å². The predicted molar refractivity (Wildman–Crippen MR) is 67.8 cm³/mol. The van der Waals surface area contributed by atoms with Crippen LogP contribution < -0.4 is 5.73 Å². The summed E-state index contributed by atoms with van der Waals surface area (Å²) in [5.74, 6) is 0.687. The minimum Gasteiger partial charge on any atom is -0.394 e. The molecule has 2 rings (SSSR count). The van der Waals surface area contributed by atoms with Gasteiger partial charge in [-0.05, 0) is 12.1 Å². The molecule has 4 N–H and O–H groups in total. The number of nitrogens with two attached hydrogens (primary N) is 1. The van der Waals surface area contributed by atoms with Crippen LogP contribution in [0.2, 0.25) is 0 Å². The van der Waals surface area contributed by atoms with Crippen LogP contribution in [0.15, 0.2) is 29.3 Å². The summed E-state index contributed by atoms with van der Waals surface area (Å²) in [4.78, 5) is 8.59. The second-order valence-electron chi connectivity index (χ2n) is 3.55. The van der Waals surface area contributed by atoms with E-state index in [0.717, 1.165) is 11.0 Å². The molecular formula is C11H13N3O2S. The van der Waals surface area contributed by atoms with Crippen molar-refractivity contribution in [1.29, 1.82) is 0 Å². The summed E-state index contributed by atoms with van der Waals surface area (Å²) in [6.07, 6.45) is -0.771. The molecule has 0 bridgehead atoms. The molecule has 5 nitrogen and oxygen atoms in total. The number of hydrogen-bond acceptors (Lipinski definition) is 6. The summed E-state index contributed by atoms with van der Waals surface area (Å²) in [5, 5.41) is 18.6. The van der Waals surface area contributed by atoms with Gasteiger partial charge in [0.2, 0.25) is 0 Å². The largest absolute Gasteiger partial charge is 0.394 e. The number of nitrogens with zero attached hydrogens (tertiary/aromatic N) is 2. The van der Waals surface area contributed by atoms with Gasteiger partial charge in [-0.2, -0.15) is 0 Å². The maximum absolute atomic E-state index is 9.26. The molecule has 0 saturated heterocycles. The Labute approximate surface area is 103 Å². The third kappa shape index (κ3) is 2.85. The lowest BCUT2D eigenvalue weighted by molar-refractivity contribution is 0.113. The Hall–Kier alpha value is -1.37. The topological polar surface area (TPSA) is 92.3 Å². The molecule has 1 aromatic carbocycles. The highest BCUT2D eigenvalue weighted by Crippen LogP contribution is 2.24. The highest BCUT2D eigenvalue weighted by molar-refractivity contribution is 7.99. The lowest BCUT2D eigenvalue weighted by Crippen LogP contribution is -2.15. The maximum Gasteiger partial charge on any atom is 0.156 e. The van der Waals surface area contributed by atoms with Crippen molar-refractivity contribution >= 4 is 28.6 Å². The molecule has 0 fully saturated rings. The third-order valence-corrected chi connectivity index (χ3v) is 3.31. The minimum atomic E-state index is -0.771. The van der Waals surface area contributed by atoms with Gasteiger partial charge < -0.3 is 15.9 Å². The van der Waals surface area contributed by atoms with Gasteiger partial charge in [0.1, 0.15) is 5.03 Å². The van der Waals surface area contributed by atoms with E-state index < -0.39 is 6.10 Å². The van der Waals surface area contributed by atoms with E-state index in [0.29, 0.717) is 16.6 Å². The van der Waals surface area contributed by atoms with Crippen molar-refractivity contribution in [1.82, 2.24) is 9.97 Å². The molecule has 0 radical (unpaired) electrons. The SMILES string of the molecule is Nc1nc2ccccc2nc1SCC(O)CO. The van der Waals surface area contributed by atoms with Gasteiger partial charge in [-0.15, -0.1) is 0 Å². The van der Waals surface area contributed by atoms with Crippen molar-refractivity contribution in [2.75, 3.05) is 18.1 Å². The Kier molecular flexibility index (Phi) is 3.78. The fourth-order valence-electron chi connectivity index (χ4n) is 1.33. The van der Waals surface area contributed by atoms with Gasteiger partial charge >= 0.3 is 0 Å². The monoisotopic (exact) mass is 251 g/mol. The van der Waals surface area contributed by atoms with Crippen LogP contribution in [0.1, 0.15) is 0 Å². The highest BCUT2D eigenvalue weighted by atomic mass is 32.2. The summed E-state index contributed by atoms with van der Waals surface area (Å²) < 4.78 is 0. The van der Waals surface area contributed by atoms with Crippen molar-refractivity contribution in [3.8, 4) is 0 Å². The number of anilines is 1. The molecule has 17 heavy (non-hydrogen) atoms. The number of nitrogen functional groups attached to an aromatic ring is 1. The standard InChI is InChI=1S/C11H13N3O2S/c12-10-11(17-6-7(16)5-15)14-9-4-2-1-3-8(9)13-10/h1-4,7,15-16H,5-6H2,(H2,12,13). The maximum atomic E-state index is 9.26. The van der Waals surface area contributed by atoms with E-state index in [1.807, 2.05) is 24.3 Å². The number of thioether (sulfide) groups is 1. The molecule has 90 valence electrons. The lowest BCUT2D eigenvalue weighted by Gasteiger charge is -2.08. The second kappa shape index (κ2) is 5.31. The first-order valence-electron chi connectivity index (χ1n) is 5.14. The minimum absolute atomic E-state index is 0.270. The molecule has 1 heterocycles. The second-order valence-corrected chi connectivity index (χ2v) is 4.56. The van der Waals surface area contributed by atoms with Crippen LogP contribution in [-0.4, -0.2) is 38.6 Å². The number of aliphatic hydroxyl groups is 2. The summed E-state index contributed by atoms with van der Waals surface area (Å²) in [7, 11) is 0. The number of benzene rings is 1. The Morgan fingerprint density at radius 3 is 2.53 bits per heavy atom. The number of hydrogen-bond donors (Lipinski definition) is 3. The average Bonchev–Trinajstić information content (AvgIpc) is 2.35. The number of rotatable bonds is 4. The van der Waals surface area contributed by atoms with Gasteiger partial charge in [0.15, 0.2) is 5.82 Å². The first kappa shape index (κ1) is 12.1. The predicted octanol–water partition coefficient (Wildman–Crippen LogP) is 0.657. The molecule has 1 atom stereocenters. The molecule has 0 aliphatic heterocycles. The van der Waals surface area contributed by atoms with Crippen molar-refractivity contribution in [3.63, 3.8) is 0 Å². The Balaban J connectivity index is 2.25. The van der Waals surface area contributed by atoms with E-state index in [-0.39, 0.29) is 6.61 Å². The Morgan fingerprint density at radius 1 is 1.24 bits per heavy atom. The van der Waals surface area contributed by atoms with Crippen molar-refractivity contribution in [2.45, 2.75) is 11.1 Å². The molecule has 6 heteroatoms. The number of aliphatic hydroxyl groups excluding tert-OH is 2. The molecule has 1 unspecified atom stereocenters. The van der Waals surface area contributed by atoms with Crippen LogP contribution in [0.4, 0.5) is 5.82 Å². The van der Waals surface area contributed by atoms with Crippen LogP contribution in [0, 0.1) is 0 Å². The van der Waals surface area contributed by atoms with Gasteiger partial charge in [-0.3, -0.25) is 0 Å². The zero-order valence-corrected chi connectivity index (χ0v) is 9.89. The zero-order valence-electron chi connectivity index (χ0n) is 9.08. The number of fused-ring (bicyclic) bond motifs is 1. The summed E-state index contributed by atoms with van der Waals surface area (Å²) in [5.41, 5.74) is 7.29. The molecule has 0 amide bonds. The Bertz CT molecular complexity index is 521. The Morgan fingerprint density at radius 2 is 1.88 bits per heavy atom. The van der Waals surface area contributed by atoms with Crippen LogP contribution >= 0.6 is 11.8 Å². The van der Waals surface area contributed by atoms with E-state index in [9.17, 15) is 5.11 Å². The van der Waals surface area contributed by atoms with Gasteiger partial charge in [0, 0.05) is 5.75 Å². The summed E-state index contributed by atoms with van der Waals surface area (Å²) >= 11 is 1.29. The normalized spacial score (nSPS) is 12.8. The molecular weight excluding hydrogens is 238 g/mol. The molecule has 0 spiro atoms. The summed E-state index contributed by atoms with van der Waals surface area (Å²) in [6.45, 7) is -0.270. The van der Waals surface area contributed by atoms with E-state index in [1.54, 1.807) is 0 Å². The van der Waals surface area contributed by atoms with E-state index in [2.05, 4.69) is 9.97 Å². The van der Waals surface area contributed by atoms with Crippen LogP contribution in [0.5, 0.6) is 0 Å². The van der Waals surface area contributed by atoms with Gasteiger partial charge in [0.25, 0.3) is 0 Å². The van der Waals surface area contributed by atoms with E-state index in [4.69, 9.17) is 10.8 Å². The van der Waals surface area contributed by atoms with E-state index in [1.165, 1.54) is 11.8 Å². The van der Waals surface area contributed by atoms with Crippen molar-refractivity contribution in [2.24, 2.45) is 0 Å². The molecule has 2 aromatic rings. The van der Waals surface area contributed by atoms with Crippen molar-refractivity contribution < 1.29 is 10.2 Å². The fraction of sp³-hybridized carbons (Fsp3) is 0.273. The highest BCUT2D eigenvalue weighted by Gasteiger charge is 2.09. The summed E-state index contributed by atoms with van der Waals surface area (Å²) in [6, 6.07) is 7.45. The van der Waals surface area contributed by atoms with E-state index >= 15 is 0 Å². The zero-order chi connectivity index (χ0) is 12.3. The molecule has 1 aromatic heterocycles. The van der Waals surface area contributed by atoms with Crippen LogP contribution in [0.25, 0.3) is 11.0 Å². The first-order chi connectivity index (χ1) is 8.20. The lowest BCUT2D eigenvalue weighted by atomic mass is 10.3. The van der Waals surface area contributed by atoms with Crippen LogP contribution in [-0.2, 0) is 0 Å². The van der Waals surface area contributed by atoms with Gasteiger partial charge in [0.05, 0.1) is 23.7 Å². The van der Waals surface area contributed by atoms with Crippen molar-refractivity contribution in [3.05, 3.63) is 24.3 Å². The molecule has 0 aliphatic rings. The molecule has 0 aliphatic carbocycles. The first-order valence-corrected chi connectivity index (χ1v) is 6.13. The number of aromatic nitrogens is 2. The van der Waals surface area contributed by atoms with Gasteiger partial charge in [-0.25, -0.2) is 9.97 Å². The smallest absolute Gasteiger partial charge is 0.156 e. The fourth-order valence-corrected chi connectivity index (χ4v) is 2.14. The van der Waals surface area contributed by atoms with Gasteiger partial charge in [-0.1, -0.05) is 23.9 Å². The average molecular weight is 251 g/mol. The molecule has 0 saturated carbocycles.